The highest BCUT2D eigenvalue weighted by atomic mass is 16.5. The van der Waals surface area contributed by atoms with Gasteiger partial charge in [-0.25, -0.2) is 4.79 Å². The van der Waals surface area contributed by atoms with Crippen LogP contribution in [0.5, 0.6) is 0 Å². The predicted molar refractivity (Wildman–Crippen MR) is 87.7 cm³/mol. The number of carboxylic acids is 1. The van der Waals surface area contributed by atoms with Crippen molar-refractivity contribution in [2.75, 3.05) is 19.0 Å². The third kappa shape index (κ3) is 4.11. The van der Waals surface area contributed by atoms with Gasteiger partial charge < -0.3 is 20.5 Å². The molecular weight excluding hydrogens is 312 g/mol. The molecule has 0 spiro atoms. The number of rotatable bonds is 7. The SMILES string of the molecule is COCC(C)(NC(=O)c1cccc(NC(=O)C2CC2C)c1)C(=O)O. The van der Waals surface area contributed by atoms with E-state index in [1.54, 1.807) is 18.2 Å². The number of amides is 2. The summed E-state index contributed by atoms with van der Waals surface area (Å²) < 4.78 is 4.87. The molecule has 0 heterocycles. The number of aliphatic carboxylic acids is 1. The van der Waals surface area contributed by atoms with Crippen LogP contribution in [0.25, 0.3) is 0 Å². The second kappa shape index (κ2) is 7.00. The second-order valence-electron chi connectivity index (χ2n) is 6.41. The Hall–Kier alpha value is -2.41. The third-order valence-corrected chi connectivity index (χ3v) is 4.13. The van der Waals surface area contributed by atoms with Gasteiger partial charge in [-0.2, -0.15) is 0 Å². The van der Waals surface area contributed by atoms with Gasteiger partial charge in [-0.1, -0.05) is 13.0 Å². The van der Waals surface area contributed by atoms with E-state index >= 15 is 0 Å². The third-order valence-electron chi connectivity index (χ3n) is 4.13. The summed E-state index contributed by atoms with van der Waals surface area (Å²) in [4.78, 5) is 35.6. The van der Waals surface area contributed by atoms with Crippen molar-refractivity contribution in [1.82, 2.24) is 5.32 Å². The van der Waals surface area contributed by atoms with Crippen molar-refractivity contribution < 1.29 is 24.2 Å². The maximum atomic E-state index is 12.3. The minimum atomic E-state index is -1.53. The molecule has 7 nitrogen and oxygen atoms in total. The fourth-order valence-corrected chi connectivity index (χ4v) is 2.42. The molecule has 3 unspecified atom stereocenters. The van der Waals surface area contributed by atoms with Crippen molar-refractivity contribution in [3.05, 3.63) is 29.8 Å². The van der Waals surface area contributed by atoms with Gasteiger partial charge in [-0.15, -0.1) is 0 Å². The lowest BCUT2D eigenvalue weighted by Gasteiger charge is -2.25. The molecule has 0 aromatic heterocycles. The molecule has 1 saturated carbocycles. The van der Waals surface area contributed by atoms with E-state index in [-0.39, 0.29) is 24.0 Å². The summed E-state index contributed by atoms with van der Waals surface area (Å²) in [5.74, 6) is -1.38. The van der Waals surface area contributed by atoms with Crippen molar-refractivity contribution in [2.45, 2.75) is 25.8 Å². The van der Waals surface area contributed by atoms with Crippen molar-refractivity contribution in [1.29, 1.82) is 0 Å². The minimum Gasteiger partial charge on any atom is -0.479 e. The molecule has 1 fully saturated rings. The number of methoxy groups -OCH3 is 1. The molecule has 0 bridgehead atoms. The lowest BCUT2D eigenvalue weighted by molar-refractivity contribution is -0.145. The van der Waals surface area contributed by atoms with Gasteiger partial charge in [0.05, 0.1) is 6.61 Å². The van der Waals surface area contributed by atoms with Crippen molar-refractivity contribution >= 4 is 23.5 Å². The molecule has 2 amide bonds. The second-order valence-corrected chi connectivity index (χ2v) is 6.41. The van der Waals surface area contributed by atoms with Crippen molar-refractivity contribution in [3.63, 3.8) is 0 Å². The monoisotopic (exact) mass is 334 g/mol. The van der Waals surface area contributed by atoms with Crippen LogP contribution in [0.2, 0.25) is 0 Å². The summed E-state index contributed by atoms with van der Waals surface area (Å²) in [6.45, 7) is 3.22. The van der Waals surface area contributed by atoms with Crippen LogP contribution in [0.15, 0.2) is 24.3 Å². The average molecular weight is 334 g/mol. The molecule has 3 atom stereocenters. The molecule has 1 aromatic rings. The number of hydrogen-bond acceptors (Lipinski definition) is 4. The van der Waals surface area contributed by atoms with Crippen LogP contribution in [-0.2, 0) is 14.3 Å². The smallest absolute Gasteiger partial charge is 0.331 e. The van der Waals surface area contributed by atoms with Gasteiger partial charge in [0.1, 0.15) is 0 Å². The topological polar surface area (TPSA) is 105 Å². The minimum absolute atomic E-state index is 0.0273. The Morgan fingerprint density at radius 3 is 2.58 bits per heavy atom. The fourth-order valence-electron chi connectivity index (χ4n) is 2.42. The highest BCUT2D eigenvalue weighted by Gasteiger charge is 2.39. The van der Waals surface area contributed by atoms with E-state index in [0.717, 1.165) is 6.42 Å². The highest BCUT2D eigenvalue weighted by Crippen LogP contribution is 2.38. The van der Waals surface area contributed by atoms with Crippen LogP contribution in [0.1, 0.15) is 30.6 Å². The van der Waals surface area contributed by atoms with E-state index in [2.05, 4.69) is 10.6 Å². The standard InChI is InChI=1S/C17H22N2O5/c1-10-7-13(10)15(21)18-12-6-4-5-11(8-12)14(20)19-17(2,9-24-3)16(22)23/h4-6,8,10,13H,7,9H2,1-3H3,(H,18,21)(H,19,20)(H,22,23). The maximum Gasteiger partial charge on any atom is 0.331 e. The van der Waals surface area contributed by atoms with Gasteiger partial charge >= 0.3 is 5.97 Å². The van der Waals surface area contributed by atoms with Gasteiger partial charge in [0, 0.05) is 24.3 Å². The molecule has 1 aliphatic carbocycles. The van der Waals surface area contributed by atoms with Crippen molar-refractivity contribution in [3.8, 4) is 0 Å². The summed E-state index contributed by atoms with van der Waals surface area (Å²) in [6, 6.07) is 6.40. The summed E-state index contributed by atoms with van der Waals surface area (Å²) in [6.07, 6.45) is 0.875. The number of carboxylic acid groups (broad SMARTS) is 1. The predicted octanol–water partition coefficient (Wildman–Crippen LogP) is 1.50. The number of ether oxygens (including phenoxy) is 1. The van der Waals surface area contributed by atoms with E-state index < -0.39 is 17.4 Å². The van der Waals surface area contributed by atoms with Crippen LogP contribution in [0, 0.1) is 11.8 Å². The largest absolute Gasteiger partial charge is 0.479 e. The quantitative estimate of drug-likeness (QED) is 0.701. The summed E-state index contributed by atoms with van der Waals surface area (Å²) >= 11 is 0. The Bertz CT molecular complexity index is 660. The molecular formula is C17H22N2O5. The van der Waals surface area contributed by atoms with Gasteiger partial charge in [0.25, 0.3) is 5.91 Å². The zero-order chi connectivity index (χ0) is 17.9. The highest BCUT2D eigenvalue weighted by molar-refractivity contribution is 6.00. The Morgan fingerprint density at radius 1 is 1.38 bits per heavy atom. The number of nitrogens with one attached hydrogen (secondary N) is 2. The Morgan fingerprint density at radius 2 is 2.04 bits per heavy atom. The number of benzene rings is 1. The molecule has 1 aliphatic rings. The normalized spacial score (nSPS) is 21.5. The van der Waals surface area contributed by atoms with E-state index in [0.29, 0.717) is 11.6 Å². The Labute approximate surface area is 140 Å². The molecule has 1 aromatic carbocycles. The number of anilines is 1. The van der Waals surface area contributed by atoms with Gasteiger partial charge in [-0.05, 0) is 37.5 Å². The Kier molecular flexibility index (Phi) is 5.23. The van der Waals surface area contributed by atoms with E-state index in [1.807, 2.05) is 6.92 Å². The Balaban J connectivity index is 2.08. The summed E-state index contributed by atoms with van der Waals surface area (Å²) in [5.41, 5.74) is -0.759. The zero-order valence-electron chi connectivity index (χ0n) is 14.0. The molecule has 0 saturated heterocycles. The maximum absolute atomic E-state index is 12.3. The van der Waals surface area contributed by atoms with Crippen molar-refractivity contribution in [2.24, 2.45) is 11.8 Å². The number of carbonyl (C=O) groups is 3. The van der Waals surface area contributed by atoms with E-state index in [1.165, 1.54) is 20.1 Å². The molecule has 0 aliphatic heterocycles. The fraction of sp³-hybridized carbons (Fsp3) is 0.471. The van der Waals surface area contributed by atoms with E-state index in [4.69, 9.17) is 4.74 Å². The first-order valence-electron chi connectivity index (χ1n) is 7.72. The van der Waals surface area contributed by atoms with Crippen LogP contribution in [-0.4, -0.2) is 42.1 Å². The lowest BCUT2D eigenvalue weighted by atomic mass is 10.0. The van der Waals surface area contributed by atoms with Gasteiger partial charge in [0.15, 0.2) is 5.54 Å². The zero-order valence-corrected chi connectivity index (χ0v) is 14.0. The van der Waals surface area contributed by atoms with Gasteiger partial charge in [-0.3, -0.25) is 9.59 Å². The van der Waals surface area contributed by atoms with Crippen LogP contribution >= 0.6 is 0 Å². The number of carbonyl (C=O) groups excluding carboxylic acids is 2. The molecule has 24 heavy (non-hydrogen) atoms. The van der Waals surface area contributed by atoms with Crippen LogP contribution < -0.4 is 10.6 Å². The van der Waals surface area contributed by atoms with Gasteiger partial charge in [0.2, 0.25) is 5.91 Å². The molecule has 2 rings (SSSR count). The molecule has 130 valence electrons. The molecule has 0 radical (unpaired) electrons. The van der Waals surface area contributed by atoms with Crippen LogP contribution in [0.3, 0.4) is 0 Å². The van der Waals surface area contributed by atoms with E-state index in [9.17, 15) is 19.5 Å². The summed E-state index contributed by atoms with van der Waals surface area (Å²) in [5, 5.41) is 14.5. The molecule has 7 heteroatoms. The summed E-state index contributed by atoms with van der Waals surface area (Å²) in [7, 11) is 1.36. The molecule has 3 N–H and O–H groups in total. The first-order valence-corrected chi connectivity index (χ1v) is 7.72. The first-order chi connectivity index (χ1) is 11.3. The van der Waals surface area contributed by atoms with Crippen LogP contribution in [0.4, 0.5) is 5.69 Å². The lowest BCUT2D eigenvalue weighted by Crippen LogP contribution is -2.55. The number of hydrogen-bond donors (Lipinski definition) is 3. The first kappa shape index (κ1) is 17.9. The average Bonchev–Trinajstić information content (AvgIpc) is 3.24.